The van der Waals surface area contributed by atoms with Gasteiger partial charge in [0, 0.05) is 35.0 Å². The molecule has 2 aromatic heterocycles. The Labute approximate surface area is 229 Å². The summed E-state index contributed by atoms with van der Waals surface area (Å²) in [6.07, 6.45) is 3.43. The topological polar surface area (TPSA) is 137 Å². The average molecular weight is 552 g/mol. The van der Waals surface area contributed by atoms with Crippen molar-refractivity contribution in [3.8, 4) is 22.2 Å². The van der Waals surface area contributed by atoms with Crippen molar-refractivity contribution >= 4 is 40.1 Å². The van der Waals surface area contributed by atoms with Gasteiger partial charge in [-0.05, 0) is 38.3 Å². The van der Waals surface area contributed by atoms with E-state index in [1.165, 1.54) is 11.3 Å². The predicted molar refractivity (Wildman–Crippen MR) is 143 cm³/mol. The number of rotatable bonds is 10. The summed E-state index contributed by atoms with van der Waals surface area (Å²) >= 11 is 1.44. The second kappa shape index (κ2) is 10.6. The second-order valence-corrected chi connectivity index (χ2v) is 10.6. The zero-order valence-corrected chi connectivity index (χ0v) is 22.4. The van der Waals surface area contributed by atoms with Crippen molar-refractivity contribution in [2.75, 3.05) is 13.7 Å². The van der Waals surface area contributed by atoms with Gasteiger partial charge >= 0.3 is 11.9 Å². The Hall–Kier alpha value is -3.99. The molecule has 1 amide bonds. The van der Waals surface area contributed by atoms with Crippen molar-refractivity contribution in [1.82, 2.24) is 15.3 Å². The summed E-state index contributed by atoms with van der Waals surface area (Å²) in [5.41, 5.74) is 0.0582. The molecule has 2 aliphatic rings. The van der Waals surface area contributed by atoms with Gasteiger partial charge in [0.15, 0.2) is 0 Å². The van der Waals surface area contributed by atoms with Crippen LogP contribution in [-0.4, -0.2) is 58.3 Å². The molecule has 3 aromatic rings. The summed E-state index contributed by atoms with van der Waals surface area (Å²) in [7, 11) is 1.57. The maximum absolute atomic E-state index is 13.4. The number of pyridine rings is 1. The highest BCUT2D eigenvalue weighted by atomic mass is 32.1. The monoisotopic (exact) mass is 551 g/mol. The van der Waals surface area contributed by atoms with Gasteiger partial charge in [0.25, 0.3) is 0 Å². The van der Waals surface area contributed by atoms with E-state index in [0.717, 1.165) is 5.39 Å². The molecule has 39 heavy (non-hydrogen) atoms. The number of carboxylic acids is 1. The number of carbonyl (C=O) groups is 3. The standard InChI is InChI=1S/C28H29N3O7S/c1-4-15-14-28(15,27(35)37-5-2)31-24(32)19-10-17(11-20(19)26(33)34)38-23-13-22(25-29-8-9-39-25)30-21-12-16(36-3)6-7-18(21)23/h4,6-9,12-13,15,17,19-20H,1,5,10-11,14H2,2-3H3,(H,31,32)(H,33,34)/t15-,17-,19-,20-,28-/m1/s1. The number of hydrogen-bond acceptors (Lipinski definition) is 9. The van der Waals surface area contributed by atoms with Crippen molar-refractivity contribution in [2.24, 2.45) is 17.8 Å². The number of amides is 1. The van der Waals surface area contributed by atoms with E-state index >= 15 is 0 Å². The number of methoxy groups -OCH3 is 1. The molecule has 0 radical (unpaired) electrons. The van der Waals surface area contributed by atoms with Gasteiger partial charge in [-0.3, -0.25) is 9.59 Å². The van der Waals surface area contributed by atoms with E-state index in [9.17, 15) is 19.5 Å². The molecule has 0 spiro atoms. The number of nitrogens with one attached hydrogen (secondary N) is 1. The summed E-state index contributed by atoms with van der Waals surface area (Å²) in [6, 6.07) is 7.21. The Morgan fingerprint density at radius 1 is 1.26 bits per heavy atom. The average Bonchev–Trinajstić information content (AvgIpc) is 3.25. The minimum atomic E-state index is -1.19. The van der Waals surface area contributed by atoms with Crippen molar-refractivity contribution in [2.45, 2.75) is 37.8 Å². The molecule has 2 aliphatic carbocycles. The first kappa shape index (κ1) is 26.6. The van der Waals surface area contributed by atoms with Gasteiger partial charge in [0.2, 0.25) is 5.91 Å². The number of carbonyl (C=O) groups excluding carboxylic acids is 2. The van der Waals surface area contributed by atoms with Crippen molar-refractivity contribution in [3.05, 3.63) is 48.5 Å². The molecule has 2 N–H and O–H groups in total. The molecule has 0 bridgehead atoms. The largest absolute Gasteiger partial charge is 0.497 e. The summed E-state index contributed by atoms with van der Waals surface area (Å²) in [5.74, 6) is -3.09. The molecule has 10 nitrogen and oxygen atoms in total. The SMILES string of the molecule is C=C[C@@H]1C[C@]1(NC(=O)[C@@H]1C[C@@H](Oc2cc(-c3nccs3)nc3cc(OC)ccc23)C[C@H]1C(=O)O)C(=O)OCC. The third-order valence-corrected chi connectivity index (χ3v) is 8.18. The quantitative estimate of drug-likeness (QED) is 0.284. The molecule has 0 saturated heterocycles. The molecule has 204 valence electrons. The number of thiazole rings is 1. The number of nitrogens with zero attached hydrogens (tertiary/aromatic N) is 2. The molecular weight excluding hydrogens is 522 g/mol. The number of aliphatic carboxylic acids is 1. The molecule has 0 aliphatic heterocycles. The second-order valence-electron chi connectivity index (χ2n) is 9.72. The molecule has 1 aromatic carbocycles. The Morgan fingerprint density at radius 2 is 2.05 bits per heavy atom. The number of fused-ring (bicyclic) bond motifs is 1. The van der Waals surface area contributed by atoms with E-state index in [1.54, 1.807) is 44.5 Å². The Bertz CT molecular complexity index is 1430. The van der Waals surface area contributed by atoms with Crippen LogP contribution in [0.3, 0.4) is 0 Å². The van der Waals surface area contributed by atoms with E-state index < -0.39 is 41.3 Å². The normalized spacial score (nSPS) is 25.6. The van der Waals surface area contributed by atoms with Gasteiger partial charge in [-0.1, -0.05) is 6.08 Å². The third-order valence-electron chi connectivity index (χ3n) is 7.38. The van der Waals surface area contributed by atoms with Gasteiger partial charge in [-0.15, -0.1) is 17.9 Å². The summed E-state index contributed by atoms with van der Waals surface area (Å²) in [4.78, 5) is 47.2. The number of esters is 1. The van der Waals surface area contributed by atoms with Gasteiger partial charge in [0.05, 0.1) is 31.1 Å². The van der Waals surface area contributed by atoms with Crippen LogP contribution in [0, 0.1) is 17.8 Å². The van der Waals surface area contributed by atoms with E-state index in [4.69, 9.17) is 19.2 Å². The lowest BCUT2D eigenvalue weighted by Gasteiger charge is -2.21. The lowest BCUT2D eigenvalue weighted by Crippen LogP contribution is -2.49. The maximum Gasteiger partial charge on any atom is 0.332 e. The van der Waals surface area contributed by atoms with Crippen LogP contribution < -0.4 is 14.8 Å². The first-order valence-corrected chi connectivity index (χ1v) is 13.6. The van der Waals surface area contributed by atoms with Crippen LogP contribution in [-0.2, 0) is 19.1 Å². The van der Waals surface area contributed by atoms with Crippen LogP contribution in [0.4, 0.5) is 0 Å². The Balaban J connectivity index is 1.41. The zero-order chi connectivity index (χ0) is 27.7. The van der Waals surface area contributed by atoms with Gasteiger partial charge in [-0.2, -0.15) is 0 Å². The Kier molecular flexibility index (Phi) is 7.26. The fourth-order valence-electron chi connectivity index (χ4n) is 5.26. The van der Waals surface area contributed by atoms with Crippen LogP contribution in [0.2, 0.25) is 0 Å². The lowest BCUT2D eigenvalue weighted by molar-refractivity contribution is -0.150. The molecule has 2 saturated carbocycles. The predicted octanol–water partition coefficient (Wildman–Crippen LogP) is 3.85. The molecule has 2 fully saturated rings. The number of carboxylic acid groups (broad SMARTS) is 1. The summed E-state index contributed by atoms with van der Waals surface area (Å²) < 4.78 is 16.9. The molecule has 11 heteroatoms. The first-order valence-electron chi connectivity index (χ1n) is 12.7. The van der Waals surface area contributed by atoms with Crippen LogP contribution in [0.25, 0.3) is 21.6 Å². The maximum atomic E-state index is 13.4. The number of ether oxygens (including phenoxy) is 3. The number of hydrogen-bond donors (Lipinski definition) is 2. The highest BCUT2D eigenvalue weighted by Gasteiger charge is 2.62. The highest BCUT2D eigenvalue weighted by Crippen LogP contribution is 2.46. The minimum absolute atomic E-state index is 0.136. The fourth-order valence-corrected chi connectivity index (χ4v) is 5.86. The third kappa shape index (κ3) is 5.06. The van der Waals surface area contributed by atoms with Crippen molar-refractivity contribution < 1.29 is 33.7 Å². The van der Waals surface area contributed by atoms with E-state index in [2.05, 4.69) is 16.9 Å². The molecule has 5 atom stereocenters. The highest BCUT2D eigenvalue weighted by molar-refractivity contribution is 7.13. The Morgan fingerprint density at radius 3 is 2.69 bits per heavy atom. The number of aromatic nitrogens is 2. The van der Waals surface area contributed by atoms with Crippen LogP contribution in [0.5, 0.6) is 11.5 Å². The van der Waals surface area contributed by atoms with E-state index in [0.29, 0.717) is 34.1 Å². The zero-order valence-electron chi connectivity index (χ0n) is 21.6. The first-order chi connectivity index (χ1) is 18.8. The van der Waals surface area contributed by atoms with E-state index in [1.807, 2.05) is 11.4 Å². The smallest absolute Gasteiger partial charge is 0.332 e. The van der Waals surface area contributed by atoms with Crippen molar-refractivity contribution in [1.29, 1.82) is 0 Å². The number of benzene rings is 1. The molecular formula is C28H29N3O7S. The van der Waals surface area contributed by atoms with Crippen molar-refractivity contribution in [3.63, 3.8) is 0 Å². The van der Waals surface area contributed by atoms with Gasteiger partial charge in [-0.25, -0.2) is 14.8 Å². The van der Waals surface area contributed by atoms with Gasteiger partial charge in [0.1, 0.15) is 33.8 Å². The lowest BCUT2D eigenvalue weighted by atomic mass is 9.94. The molecule has 2 heterocycles. The van der Waals surface area contributed by atoms with Crippen LogP contribution >= 0.6 is 11.3 Å². The summed E-state index contributed by atoms with van der Waals surface area (Å²) in [5, 5.41) is 16.0. The fraction of sp³-hybridized carbons (Fsp3) is 0.393. The van der Waals surface area contributed by atoms with E-state index in [-0.39, 0.29) is 25.4 Å². The van der Waals surface area contributed by atoms with Crippen LogP contribution in [0.15, 0.2) is 48.5 Å². The van der Waals surface area contributed by atoms with Gasteiger partial charge < -0.3 is 24.6 Å². The van der Waals surface area contributed by atoms with Crippen LogP contribution in [0.1, 0.15) is 26.2 Å². The summed E-state index contributed by atoms with van der Waals surface area (Å²) in [6.45, 7) is 5.60. The molecule has 5 rings (SSSR count). The molecule has 0 unspecified atom stereocenters. The minimum Gasteiger partial charge on any atom is -0.497 e.